The van der Waals surface area contributed by atoms with Gasteiger partial charge in [-0.3, -0.25) is 14.9 Å². The molecule has 0 aliphatic heterocycles. The Morgan fingerprint density at radius 2 is 1.93 bits per heavy atom. The van der Waals surface area contributed by atoms with E-state index in [1.165, 1.54) is 18.3 Å². The van der Waals surface area contributed by atoms with E-state index in [2.05, 4.69) is 25.5 Å². The molecule has 4 aromatic rings. The molecule has 0 aliphatic carbocycles. The van der Waals surface area contributed by atoms with Crippen LogP contribution in [0.4, 0.5) is 5.69 Å². The third kappa shape index (κ3) is 3.47. The predicted molar refractivity (Wildman–Crippen MR) is 105 cm³/mol. The van der Waals surface area contributed by atoms with Crippen molar-refractivity contribution in [3.63, 3.8) is 0 Å². The molecule has 0 atom stereocenters. The van der Waals surface area contributed by atoms with Gasteiger partial charge in [-0.05, 0) is 35.9 Å². The smallest absolute Gasteiger partial charge is 0.276 e. The molecule has 2 N–H and O–H groups in total. The zero-order chi connectivity index (χ0) is 19.7. The van der Waals surface area contributed by atoms with Crippen LogP contribution < -0.4 is 5.32 Å². The molecule has 0 saturated heterocycles. The summed E-state index contributed by atoms with van der Waals surface area (Å²) in [5.41, 5.74) is 3.17. The van der Waals surface area contributed by atoms with Gasteiger partial charge in [-0.1, -0.05) is 12.1 Å². The van der Waals surface area contributed by atoms with E-state index in [0.717, 1.165) is 22.9 Å². The van der Waals surface area contributed by atoms with Crippen LogP contribution in [-0.4, -0.2) is 40.7 Å². The summed E-state index contributed by atoms with van der Waals surface area (Å²) < 4.78 is 23.0. The highest BCUT2D eigenvalue weighted by Gasteiger charge is 2.16. The second-order valence-corrected chi connectivity index (χ2v) is 8.15. The summed E-state index contributed by atoms with van der Waals surface area (Å²) in [6.45, 7) is 0. The van der Waals surface area contributed by atoms with Crippen molar-refractivity contribution >= 4 is 32.3 Å². The van der Waals surface area contributed by atoms with Crippen LogP contribution in [0.5, 0.6) is 0 Å². The van der Waals surface area contributed by atoms with Gasteiger partial charge in [-0.25, -0.2) is 13.4 Å². The van der Waals surface area contributed by atoms with Crippen molar-refractivity contribution in [3.8, 4) is 11.1 Å². The van der Waals surface area contributed by atoms with E-state index in [-0.39, 0.29) is 10.7 Å². The molecule has 0 spiro atoms. The summed E-state index contributed by atoms with van der Waals surface area (Å²) in [7, 11) is -3.40. The summed E-state index contributed by atoms with van der Waals surface area (Å²) in [5.74, 6) is -0.427. The molecular weight excluding hydrogens is 378 g/mol. The van der Waals surface area contributed by atoms with Crippen LogP contribution in [0, 0.1) is 0 Å². The average molecular weight is 393 g/mol. The molecule has 1 amide bonds. The number of nitrogens with zero attached hydrogens (tertiary/aromatic N) is 3. The number of hydrogen-bond acceptors (Lipinski definition) is 6. The lowest BCUT2D eigenvalue weighted by molar-refractivity contribution is 0.102. The molecule has 0 saturated carbocycles. The van der Waals surface area contributed by atoms with Crippen molar-refractivity contribution < 1.29 is 13.2 Å². The van der Waals surface area contributed by atoms with Crippen molar-refractivity contribution in [3.05, 3.63) is 66.7 Å². The van der Waals surface area contributed by atoms with Gasteiger partial charge < -0.3 is 5.32 Å². The first-order valence-corrected chi connectivity index (χ1v) is 10.2. The number of fused-ring (bicyclic) bond motifs is 1. The molecule has 9 heteroatoms. The molecule has 8 nitrogen and oxygen atoms in total. The number of carbonyl (C=O) groups is 1. The number of rotatable bonds is 4. The van der Waals surface area contributed by atoms with Crippen LogP contribution in [0.2, 0.25) is 0 Å². The fourth-order valence-electron chi connectivity index (χ4n) is 2.76. The Hall–Kier alpha value is -3.59. The van der Waals surface area contributed by atoms with Crippen LogP contribution in [0.15, 0.2) is 66.1 Å². The Morgan fingerprint density at radius 1 is 1.07 bits per heavy atom. The maximum absolute atomic E-state index is 12.7. The Balaban J connectivity index is 1.64. The molecule has 0 bridgehead atoms. The van der Waals surface area contributed by atoms with Gasteiger partial charge in [-0.15, -0.1) is 0 Å². The lowest BCUT2D eigenvalue weighted by atomic mass is 10.0. The highest BCUT2D eigenvalue weighted by atomic mass is 32.2. The quantitative estimate of drug-likeness (QED) is 0.550. The SMILES string of the molecule is CS(=O)(=O)c1ccc(NC(=O)c2n[nH]c3ccc(-c4cccnc4)cc23)cn1. The Bertz CT molecular complexity index is 1270. The van der Waals surface area contributed by atoms with Gasteiger partial charge in [-0.2, -0.15) is 5.10 Å². The standard InChI is InChI=1S/C19H15N5O3S/c1-28(26,27)17-7-5-14(11-21-17)22-19(25)18-15-9-12(4-6-16(15)23-24-18)13-3-2-8-20-10-13/h2-11H,1H3,(H,22,25)(H,23,24). The molecule has 140 valence electrons. The Kier molecular flexibility index (Phi) is 4.36. The van der Waals surface area contributed by atoms with Crippen molar-refractivity contribution in [2.45, 2.75) is 5.03 Å². The van der Waals surface area contributed by atoms with E-state index in [9.17, 15) is 13.2 Å². The van der Waals surface area contributed by atoms with Gasteiger partial charge in [0.05, 0.1) is 17.4 Å². The lowest BCUT2D eigenvalue weighted by Crippen LogP contribution is -2.13. The van der Waals surface area contributed by atoms with Crippen LogP contribution in [0.25, 0.3) is 22.0 Å². The van der Waals surface area contributed by atoms with Crippen LogP contribution in [-0.2, 0) is 9.84 Å². The summed E-state index contributed by atoms with van der Waals surface area (Å²) in [6.07, 6.45) is 5.81. The summed E-state index contributed by atoms with van der Waals surface area (Å²) in [4.78, 5) is 20.6. The minimum Gasteiger partial charge on any atom is -0.319 e. The van der Waals surface area contributed by atoms with Crippen molar-refractivity contribution in [1.82, 2.24) is 20.2 Å². The van der Waals surface area contributed by atoms with E-state index in [0.29, 0.717) is 11.1 Å². The normalized spacial score (nSPS) is 11.5. The van der Waals surface area contributed by atoms with Crippen molar-refractivity contribution in [1.29, 1.82) is 0 Å². The molecule has 3 heterocycles. The number of aromatic nitrogens is 4. The van der Waals surface area contributed by atoms with E-state index in [4.69, 9.17) is 0 Å². The fraction of sp³-hybridized carbons (Fsp3) is 0.0526. The predicted octanol–water partition coefficient (Wildman–Crippen LogP) is 2.68. The van der Waals surface area contributed by atoms with Crippen LogP contribution >= 0.6 is 0 Å². The van der Waals surface area contributed by atoms with Crippen LogP contribution in [0.1, 0.15) is 10.5 Å². The summed E-state index contributed by atoms with van der Waals surface area (Å²) in [6, 6.07) is 12.2. The molecule has 0 aliphatic rings. The number of aromatic amines is 1. The fourth-order valence-corrected chi connectivity index (χ4v) is 3.32. The summed E-state index contributed by atoms with van der Waals surface area (Å²) in [5, 5.41) is 10.2. The first kappa shape index (κ1) is 17.8. The number of hydrogen-bond donors (Lipinski definition) is 2. The van der Waals surface area contributed by atoms with E-state index in [1.54, 1.807) is 12.4 Å². The zero-order valence-electron chi connectivity index (χ0n) is 14.7. The number of pyridine rings is 2. The molecule has 4 rings (SSSR count). The second-order valence-electron chi connectivity index (χ2n) is 6.19. The number of amides is 1. The van der Waals surface area contributed by atoms with Crippen molar-refractivity contribution in [2.75, 3.05) is 11.6 Å². The van der Waals surface area contributed by atoms with E-state index >= 15 is 0 Å². The molecule has 3 aromatic heterocycles. The number of carbonyl (C=O) groups excluding carboxylic acids is 1. The topological polar surface area (TPSA) is 118 Å². The Morgan fingerprint density at radius 3 is 2.61 bits per heavy atom. The van der Waals surface area contributed by atoms with Gasteiger partial charge in [0.1, 0.15) is 0 Å². The zero-order valence-corrected chi connectivity index (χ0v) is 15.6. The minimum absolute atomic E-state index is 0.0585. The highest BCUT2D eigenvalue weighted by molar-refractivity contribution is 7.90. The number of H-pyrrole nitrogens is 1. The first-order chi connectivity index (χ1) is 13.4. The van der Waals surface area contributed by atoms with Crippen molar-refractivity contribution in [2.24, 2.45) is 0 Å². The van der Waals surface area contributed by atoms with Gasteiger partial charge in [0.2, 0.25) is 0 Å². The minimum atomic E-state index is -3.40. The van der Waals surface area contributed by atoms with Gasteiger partial charge in [0, 0.05) is 29.6 Å². The number of anilines is 1. The number of nitrogens with one attached hydrogen (secondary N) is 2. The number of benzene rings is 1. The van der Waals surface area contributed by atoms with Gasteiger partial charge in [0.15, 0.2) is 20.6 Å². The van der Waals surface area contributed by atoms with E-state index < -0.39 is 15.7 Å². The molecule has 28 heavy (non-hydrogen) atoms. The summed E-state index contributed by atoms with van der Waals surface area (Å²) >= 11 is 0. The molecule has 1 aromatic carbocycles. The van der Waals surface area contributed by atoms with E-state index in [1.807, 2.05) is 30.3 Å². The second kappa shape index (κ2) is 6.86. The lowest BCUT2D eigenvalue weighted by Gasteiger charge is -2.05. The molecular formula is C19H15N5O3S. The van der Waals surface area contributed by atoms with Crippen LogP contribution in [0.3, 0.4) is 0 Å². The molecule has 0 unspecified atom stereocenters. The van der Waals surface area contributed by atoms with Gasteiger partial charge >= 0.3 is 0 Å². The monoisotopic (exact) mass is 393 g/mol. The molecule has 0 fully saturated rings. The first-order valence-electron chi connectivity index (χ1n) is 8.28. The highest BCUT2D eigenvalue weighted by Crippen LogP contribution is 2.25. The Labute approximate surface area is 160 Å². The largest absolute Gasteiger partial charge is 0.319 e. The third-order valence-electron chi connectivity index (χ3n) is 4.15. The maximum Gasteiger partial charge on any atom is 0.276 e. The molecule has 0 radical (unpaired) electrons. The average Bonchev–Trinajstić information content (AvgIpc) is 3.12. The van der Waals surface area contributed by atoms with Gasteiger partial charge in [0.25, 0.3) is 5.91 Å². The maximum atomic E-state index is 12.7. The number of sulfone groups is 1. The third-order valence-corrected chi connectivity index (χ3v) is 5.15.